The van der Waals surface area contributed by atoms with Crippen molar-refractivity contribution in [1.29, 1.82) is 5.41 Å². The summed E-state index contributed by atoms with van der Waals surface area (Å²) in [6.07, 6.45) is 8.80. The van der Waals surface area contributed by atoms with E-state index in [2.05, 4.69) is 10.1 Å². The number of benzene rings is 1. The molecule has 1 aromatic heterocycles. The number of fused-ring (bicyclic) bond motifs is 2. The summed E-state index contributed by atoms with van der Waals surface area (Å²) < 4.78 is 7.62. The summed E-state index contributed by atoms with van der Waals surface area (Å²) >= 11 is 1.19. The summed E-state index contributed by atoms with van der Waals surface area (Å²) in [6, 6.07) is 5.26. The first-order valence-corrected chi connectivity index (χ1v) is 10.1. The highest BCUT2D eigenvalue weighted by molar-refractivity contribution is 7.11. The predicted octanol–water partition coefficient (Wildman–Crippen LogP) is 0.629. The van der Waals surface area contributed by atoms with Crippen molar-refractivity contribution in [2.24, 2.45) is 0 Å². The summed E-state index contributed by atoms with van der Waals surface area (Å²) in [4.78, 5) is 40.9. The molecule has 1 aliphatic carbocycles. The van der Waals surface area contributed by atoms with Gasteiger partial charge in [-0.3, -0.25) is 24.9 Å². The van der Waals surface area contributed by atoms with E-state index in [4.69, 9.17) is 9.83 Å². The molecule has 9 heteroatoms. The fraction of sp³-hybridized carbons (Fsp3) is 0.0455. The fourth-order valence-electron chi connectivity index (χ4n) is 3.34. The van der Waals surface area contributed by atoms with Crippen LogP contribution in [0.25, 0.3) is 27.7 Å². The molecule has 0 spiro atoms. The maximum atomic E-state index is 12.9. The first-order chi connectivity index (χ1) is 14.9. The van der Waals surface area contributed by atoms with Crippen LogP contribution >= 0.6 is 11.3 Å². The number of aryl methyl sites for hydroxylation is 1. The van der Waals surface area contributed by atoms with Crippen LogP contribution in [-0.4, -0.2) is 20.5 Å². The third-order valence-corrected chi connectivity index (χ3v) is 5.93. The zero-order chi connectivity index (χ0) is 21.7. The molecule has 3 aliphatic rings. The second-order valence-corrected chi connectivity index (χ2v) is 7.96. The number of para-hydroxylation sites is 1. The maximum absolute atomic E-state index is 12.9. The minimum atomic E-state index is -0.620. The van der Waals surface area contributed by atoms with E-state index in [1.807, 2.05) is 13.0 Å². The van der Waals surface area contributed by atoms with Gasteiger partial charge < -0.3 is 4.42 Å². The predicted molar refractivity (Wildman–Crippen MR) is 116 cm³/mol. The second kappa shape index (κ2) is 6.99. The molecule has 0 saturated carbocycles. The topological polar surface area (TPSA) is 122 Å². The maximum Gasteiger partial charge on any atom is 0.283 e. The van der Waals surface area contributed by atoms with E-state index in [1.165, 1.54) is 40.5 Å². The Hall–Kier alpha value is -4.11. The number of hydrogen-bond acceptors (Lipinski definition) is 7. The number of carbonyl (C=O) groups is 1. The molecule has 2 aliphatic heterocycles. The van der Waals surface area contributed by atoms with Gasteiger partial charge in [0.05, 0.1) is 16.2 Å². The summed E-state index contributed by atoms with van der Waals surface area (Å²) in [7, 11) is 0. The van der Waals surface area contributed by atoms with Gasteiger partial charge in [0.25, 0.3) is 5.56 Å². The van der Waals surface area contributed by atoms with Gasteiger partial charge in [-0.1, -0.05) is 23.5 Å². The first kappa shape index (κ1) is 18.9. The van der Waals surface area contributed by atoms with E-state index in [-0.39, 0.29) is 27.5 Å². The normalized spacial score (nSPS) is 14.3. The molecule has 0 saturated heterocycles. The highest BCUT2D eigenvalue weighted by atomic mass is 32.1. The molecule has 0 radical (unpaired) electrons. The van der Waals surface area contributed by atoms with Crippen LogP contribution in [0.5, 0.6) is 0 Å². The van der Waals surface area contributed by atoms with Gasteiger partial charge in [0, 0.05) is 5.57 Å². The summed E-state index contributed by atoms with van der Waals surface area (Å²) in [5.41, 5.74) is 1.16. The van der Waals surface area contributed by atoms with E-state index in [1.54, 1.807) is 24.3 Å². The minimum absolute atomic E-state index is 0.0349. The van der Waals surface area contributed by atoms with Crippen LogP contribution in [0.15, 0.2) is 62.8 Å². The van der Waals surface area contributed by atoms with E-state index in [0.29, 0.717) is 20.8 Å². The smallest absolute Gasteiger partial charge is 0.283 e. The number of aromatic nitrogens is 3. The van der Waals surface area contributed by atoms with Crippen LogP contribution in [0.3, 0.4) is 0 Å². The third-order valence-electron chi connectivity index (χ3n) is 4.94. The molecule has 0 amide bonds. The molecule has 8 nitrogen and oxygen atoms in total. The molecule has 0 bridgehead atoms. The Bertz CT molecular complexity index is 1710. The molecular weight excluding hydrogens is 416 g/mol. The molecular formula is C22H14N4O4S. The molecule has 0 atom stereocenters. The quantitative estimate of drug-likeness (QED) is 0.459. The van der Waals surface area contributed by atoms with Gasteiger partial charge in [-0.2, -0.15) is 4.98 Å². The van der Waals surface area contributed by atoms with Crippen LogP contribution in [0, 0.1) is 12.3 Å². The molecule has 3 heterocycles. The van der Waals surface area contributed by atoms with Crippen molar-refractivity contribution in [3.05, 3.63) is 95.8 Å². The molecule has 5 rings (SSSR count). The van der Waals surface area contributed by atoms with Crippen LogP contribution in [0.2, 0.25) is 0 Å². The molecule has 2 aromatic rings. The van der Waals surface area contributed by atoms with Gasteiger partial charge in [-0.25, -0.2) is 4.68 Å². The lowest BCUT2D eigenvalue weighted by atomic mass is 10.1. The lowest BCUT2D eigenvalue weighted by molar-refractivity contribution is -0.110. The lowest BCUT2D eigenvalue weighted by Gasteiger charge is -2.02. The number of nitrogens with zero attached hydrogens (tertiary/aromatic N) is 2. The number of rotatable bonds is 1. The number of nitrogens with one attached hydrogen (secondary N) is 2. The van der Waals surface area contributed by atoms with Gasteiger partial charge in [0.2, 0.25) is 5.13 Å². The third kappa shape index (κ3) is 3.11. The Morgan fingerprint density at radius 1 is 1.16 bits per heavy atom. The van der Waals surface area contributed by atoms with Gasteiger partial charge in [-0.15, -0.1) is 0 Å². The first-order valence-electron chi connectivity index (χ1n) is 9.26. The average Bonchev–Trinajstić information content (AvgIpc) is 3.18. The summed E-state index contributed by atoms with van der Waals surface area (Å²) in [6.45, 7) is 1.84. The van der Waals surface area contributed by atoms with Crippen molar-refractivity contribution in [2.45, 2.75) is 6.92 Å². The molecule has 152 valence electrons. The number of H-pyrrole nitrogens is 1. The van der Waals surface area contributed by atoms with Crippen LogP contribution in [0.1, 0.15) is 11.1 Å². The van der Waals surface area contributed by atoms with Crippen LogP contribution in [-0.2, 0) is 4.79 Å². The zero-order valence-electron chi connectivity index (χ0n) is 16.1. The number of hydrogen-bond donors (Lipinski definition) is 2. The molecule has 1 aromatic carbocycles. The second-order valence-electron chi connectivity index (χ2n) is 6.98. The summed E-state index contributed by atoms with van der Waals surface area (Å²) in [5.74, 6) is -0.111. The SMILES string of the molecule is Cc1cccc2c(=O)c(C=c3c(=O)nc4sc(=C5C=CC(=O)C=C5)[nH]n-4c3=N)coc12. The van der Waals surface area contributed by atoms with Gasteiger partial charge in [0.15, 0.2) is 16.7 Å². The van der Waals surface area contributed by atoms with Crippen molar-refractivity contribution in [3.8, 4) is 5.13 Å². The van der Waals surface area contributed by atoms with Crippen molar-refractivity contribution in [2.75, 3.05) is 0 Å². The van der Waals surface area contributed by atoms with Crippen LogP contribution < -0.4 is 26.4 Å². The number of ketones is 1. The molecule has 2 N–H and O–H groups in total. The van der Waals surface area contributed by atoms with Crippen molar-refractivity contribution in [3.63, 3.8) is 0 Å². The number of allylic oxidation sites excluding steroid dienone is 4. The van der Waals surface area contributed by atoms with E-state index >= 15 is 0 Å². The van der Waals surface area contributed by atoms with Gasteiger partial charge in [0.1, 0.15) is 16.5 Å². The largest absolute Gasteiger partial charge is 0.463 e. The van der Waals surface area contributed by atoms with Crippen molar-refractivity contribution >= 4 is 39.7 Å². The Labute approximate surface area is 177 Å². The standard InChI is InChI=1S/C22H14N4O4S/c1-11-3-2-4-15-17(28)13(10-30-18(11)15)9-16-19(23)26-22(24-20(16)29)31-21(25-26)12-5-7-14(27)8-6-12/h2-10,23,25H,1H3. The van der Waals surface area contributed by atoms with Crippen molar-refractivity contribution in [1.82, 2.24) is 14.8 Å². The highest BCUT2D eigenvalue weighted by Crippen LogP contribution is 2.15. The molecule has 0 unspecified atom stereocenters. The summed E-state index contributed by atoms with van der Waals surface area (Å²) in [5, 5.41) is 12.2. The van der Waals surface area contributed by atoms with E-state index in [9.17, 15) is 14.4 Å². The van der Waals surface area contributed by atoms with E-state index < -0.39 is 5.56 Å². The molecule has 0 fully saturated rings. The van der Waals surface area contributed by atoms with E-state index in [0.717, 1.165) is 11.1 Å². The van der Waals surface area contributed by atoms with Gasteiger partial charge >= 0.3 is 0 Å². The lowest BCUT2D eigenvalue weighted by Crippen LogP contribution is -2.47. The highest BCUT2D eigenvalue weighted by Gasteiger charge is 2.13. The fourth-order valence-corrected chi connectivity index (χ4v) is 4.27. The average molecular weight is 430 g/mol. The Morgan fingerprint density at radius 2 is 1.94 bits per heavy atom. The number of aromatic amines is 1. The Morgan fingerprint density at radius 3 is 2.71 bits per heavy atom. The van der Waals surface area contributed by atoms with Crippen LogP contribution in [0.4, 0.5) is 0 Å². The Kier molecular flexibility index (Phi) is 4.26. The van der Waals surface area contributed by atoms with Crippen molar-refractivity contribution < 1.29 is 9.21 Å². The zero-order valence-corrected chi connectivity index (χ0v) is 16.9. The monoisotopic (exact) mass is 430 g/mol. The molecule has 31 heavy (non-hydrogen) atoms. The van der Waals surface area contributed by atoms with Gasteiger partial charge in [-0.05, 0) is 48.9 Å². The Balaban J connectivity index is 1.77. The number of carbonyl (C=O) groups excluding carboxylic acids is 1. The minimum Gasteiger partial charge on any atom is -0.463 e.